The minimum atomic E-state index is -0.328. The maximum absolute atomic E-state index is 13.0. The second kappa shape index (κ2) is 9.58. The number of benzene rings is 3. The predicted molar refractivity (Wildman–Crippen MR) is 149 cm³/mol. The Morgan fingerprint density at radius 2 is 1.46 bits per heavy atom. The average molecular weight is 457 g/mol. The van der Waals surface area contributed by atoms with Crippen molar-refractivity contribution in [2.45, 2.75) is 38.1 Å². The van der Waals surface area contributed by atoms with Gasteiger partial charge in [-0.15, -0.1) is 0 Å². The molecule has 0 saturated heterocycles. The number of allylic oxidation sites excluding steroid dienone is 8. The summed E-state index contributed by atoms with van der Waals surface area (Å²) >= 11 is 0. The van der Waals surface area contributed by atoms with Crippen LogP contribution in [-0.2, 0) is 0 Å². The monoisotopic (exact) mass is 457 g/mol. The van der Waals surface area contributed by atoms with Gasteiger partial charge in [0.2, 0.25) is 0 Å². The molecule has 3 aliphatic carbocycles. The number of rotatable bonds is 5. The highest BCUT2D eigenvalue weighted by atomic mass is 19.1. The molecule has 0 aliphatic heterocycles. The summed E-state index contributed by atoms with van der Waals surface area (Å²) < 4.78 is 13.0. The summed E-state index contributed by atoms with van der Waals surface area (Å²) in [4.78, 5) is 2.54. The largest absolute Gasteiger partial charge is 0.360 e. The molecule has 0 heterocycles. The molecule has 3 aromatic rings. The average Bonchev–Trinajstić information content (AvgIpc) is 2.93. The SMILES string of the molecule is FBC1=CC=C(C2=CC=C(N(c3ccc4ccccc4c3)[C@H]3C=c4ccccc4=CC3)CC2)CC1. The summed E-state index contributed by atoms with van der Waals surface area (Å²) in [5.74, 6) is 0. The molecule has 3 aromatic carbocycles. The van der Waals surface area contributed by atoms with Crippen LogP contribution in [0.3, 0.4) is 0 Å². The smallest absolute Gasteiger partial charge is 0.338 e. The van der Waals surface area contributed by atoms with E-state index in [4.69, 9.17) is 0 Å². The van der Waals surface area contributed by atoms with Crippen LogP contribution in [0.4, 0.5) is 10.0 Å². The van der Waals surface area contributed by atoms with Gasteiger partial charge in [0.25, 0.3) is 0 Å². The van der Waals surface area contributed by atoms with E-state index in [9.17, 15) is 4.32 Å². The minimum Gasteiger partial charge on any atom is -0.338 e. The van der Waals surface area contributed by atoms with Crippen molar-refractivity contribution in [3.8, 4) is 0 Å². The first-order chi connectivity index (χ1) is 17.3. The maximum atomic E-state index is 13.0. The lowest BCUT2D eigenvalue weighted by atomic mass is 9.79. The number of halogens is 1. The maximum Gasteiger partial charge on any atom is 0.360 e. The molecule has 1 nitrogen and oxygen atoms in total. The van der Waals surface area contributed by atoms with E-state index in [1.54, 1.807) is 0 Å². The van der Waals surface area contributed by atoms with Gasteiger partial charge < -0.3 is 9.22 Å². The van der Waals surface area contributed by atoms with Gasteiger partial charge in [0.15, 0.2) is 0 Å². The normalized spacial score (nSPS) is 19.3. The molecular formula is C32H29BFN. The zero-order valence-electron chi connectivity index (χ0n) is 20.0. The second-order valence-electron chi connectivity index (χ2n) is 9.70. The van der Waals surface area contributed by atoms with Crippen LogP contribution in [-0.4, -0.2) is 13.6 Å². The standard InChI is InChI=1S/C32H29BFN/c34-33-29-15-9-25(10-16-29)26-11-17-30(18-12-26)35(31-19-13-23-5-1-3-7-27(23)21-31)32-20-14-24-6-2-4-8-28(24)22-32/h1-9,11,13-15,17,19,21-22,32-33H,10,12,16,18,20H2/t32-/m1/s1. The van der Waals surface area contributed by atoms with Crippen molar-refractivity contribution >= 4 is 36.2 Å². The minimum absolute atomic E-state index is 0.274. The topological polar surface area (TPSA) is 3.24 Å². The quantitative estimate of drug-likeness (QED) is 0.412. The van der Waals surface area contributed by atoms with Crippen molar-refractivity contribution < 1.29 is 4.32 Å². The van der Waals surface area contributed by atoms with Gasteiger partial charge in [0.1, 0.15) is 0 Å². The van der Waals surface area contributed by atoms with Crippen molar-refractivity contribution in [1.82, 2.24) is 0 Å². The fraction of sp³-hybridized carbons (Fsp3) is 0.188. The first kappa shape index (κ1) is 21.9. The summed E-state index contributed by atoms with van der Waals surface area (Å²) in [5, 5.41) is 5.17. The van der Waals surface area contributed by atoms with E-state index < -0.39 is 0 Å². The molecule has 0 spiro atoms. The van der Waals surface area contributed by atoms with E-state index in [0.717, 1.165) is 37.6 Å². The Bertz CT molecular complexity index is 1520. The van der Waals surface area contributed by atoms with Gasteiger partial charge in [-0.3, -0.25) is 0 Å². The molecule has 0 amide bonds. The third kappa shape index (κ3) is 4.43. The first-order valence-electron chi connectivity index (χ1n) is 12.7. The van der Waals surface area contributed by atoms with E-state index >= 15 is 0 Å². The Kier molecular flexibility index (Phi) is 6.00. The van der Waals surface area contributed by atoms with Crippen LogP contribution >= 0.6 is 0 Å². The third-order valence-electron chi connectivity index (χ3n) is 7.55. The molecule has 172 valence electrons. The summed E-state index contributed by atoms with van der Waals surface area (Å²) in [7, 11) is -0.328. The molecule has 3 heteroatoms. The first-order valence-corrected chi connectivity index (χ1v) is 12.7. The van der Waals surface area contributed by atoms with Crippen molar-refractivity contribution in [3.05, 3.63) is 124 Å². The Labute approximate surface area is 207 Å². The molecule has 1 atom stereocenters. The highest BCUT2D eigenvalue weighted by molar-refractivity contribution is 6.37. The molecule has 0 fully saturated rings. The van der Waals surface area contributed by atoms with Gasteiger partial charge in [-0.2, -0.15) is 0 Å². The van der Waals surface area contributed by atoms with Crippen molar-refractivity contribution in [2.75, 3.05) is 4.90 Å². The van der Waals surface area contributed by atoms with Crippen LogP contribution < -0.4 is 15.3 Å². The van der Waals surface area contributed by atoms with E-state index in [-0.39, 0.29) is 13.6 Å². The molecule has 0 radical (unpaired) electrons. The molecule has 6 rings (SSSR count). The lowest BCUT2D eigenvalue weighted by molar-refractivity contribution is 0.744. The number of hydrogen-bond acceptors (Lipinski definition) is 1. The molecular weight excluding hydrogens is 428 g/mol. The Balaban J connectivity index is 1.40. The molecule has 3 aliphatic rings. The molecule has 0 saturated carbocycles. The van der Waals surface area contributed by atoms with Gasteiger partial charge in [0, 0.05) is 11.4 Å². The van der Waals surface area contributed by atoms with E-state index in [1.165, 1.54) is 43.7 Å². The van der Waals surface area contributed by atoms with Crippen LogP contribution in [0.1, 0.15) is 32.1 Å². The van der Waals surface area contributed by atoms with Gasteiger partial charge in [-0.25, -0.2) is 0 Å². The van der Waals surface area contributed by atoms with Gasteiger partial charge in [-0.05, 0) is 82.7 Å². The molecule has 0 N–H and O–H groups in total. The number of anilines is 1. The van der Waals surface area contributed by atoms with Crippen LogP contribution in [0.15, 0.2) is 113 Å². The third-order valence-corrected chi connectivity index (χ3v) is 7.55. The number of nitrogens with zero attached hydrogens (tertiary/aromatic N) is 1. The molecule has 35 heavy (non-hydrogen) atoms. The lowest BCUT2D eigenvalue weighted by Gasteiger charge is -2.36. The summed E-state index contributed by atoms with van der Waals surface area (Å²) in [6.45, 7) is 0. The Hall–Kier alpha value is -3.59. The summed E-state index contributed by atoms with van der Waals surface area (Å²) in [6.07, 6.45) is 18.3. The highest BCUT2D eigenvalue weighted by Gasteiger charge is 2.24. The van der Waals surface area contributed by atoms with Gasteiger partial charge >= 0.3 is 7.56 Å². The molecule has 0 unspecified atom stereocenters. The number of hydrogen-bond donors (Lipinski definition) is 0. The van der Waals surface area contributed by atoms with Crippen LogP contribution in [0.5, 0.6) is 0 Å². The van der Waals surface area contributed by atoms with Crippen molar-refractivity contribution in [1.29, 1.82) is 0 Å². The number of fused-ring (bicyclic) bond motifs is 2. The zero-order chi connectivity index (χ0) is 23.6. The van der Waals surface area contributed by atoms with Crippen molar-refractivity contribution in [2.24, 2.45) is 0 Å². The molecule has 0 aromatic heterocycles. The summed E-state index contributed by atoms with van der Waals surface area (Å²) in [5.41, 5.74) is 6.27. The fourth-order valence-corrected chi connectivity index (χ4v) is 5.60. The lowest BCUT2D eigenvalue weighted by Crippen LogP contribution is -2.40. The second-order valence-corrected chi connectivity index (χ2v) is 9.70. The van der Waals surface area contributed by atoms with Crippen LogP contribution in [0.2, 0.25) is 0 Å². The van der Waals surface area contributed by atoms with E-state index in [0.29, 0.717) is 0 Å². The summed E-state index contributed by atoms with van der Waals surface area (Å²) in [6, 6.07) is 24.4. The van der Waals surface area contributed by atoms with Gasteiger partial charge in [-0.1, -0.05) is 90.4 Å². The van der Waals surface area contributed by atoms with Gasteiger partial charge in [0.05, 0.1) is 6.04 Å². The van der Waals surface area contributed by atoms with Crippen molar-refractivity contribution in [3.63, 3.8) is 0 Å². The molecule has 0 bridgehead atoms. The van der Waals surface area contributed by atoms with Crippen LogP contribution in [0.25, 0.3) is 22.9 Å². The van der Waals surface area contributed by atoms with E-state index in [1.807, 2.05) is 6.08 Å². The highest BCUT2D eigenvalue weighted by Crippen LogP contribution is 2.35. The predicted octanol–water partition coefficient (Wildman–Crippen LogP) is 6.21. The Morgan fingerprint density at radius 1 is 0.714 bits per heavy atom. The zero-order valence-corrected chi connectivity index (χ0v) is 20.0. The Morgan fingerprint density at radius 3 is 2.20 bits per heavy atom. The fourth-order valence-electron chi connectivity index (χ4n) is 5.60. The van der Waals surface area contributed by atoms with Crippen LogP contribution in [0, 0.1) is 0 Å². The van der Waals surface area contributed by atoms with E-state index in [2.05, 4.69) is 102 Å².